The van der Waals surface area contributed by atoms with E-state index >= 15 is 0 Å². The van der Waals surface area contributed by atoms with Gasteiger partial charge in [-0.25, -0.2) is 13.2 Å². The molecule has 1 aliphatic carbocycles. The smallest absolute Gasteiger partial charge is 0.211 e. The van der Waals surface area contributed by atoms with Gasteiger partial charge >= 0.3 is 0 Å². The molecule has 0 aromatic heterocycles. The van der Waals surface area contributed by atoms with Crippen molar-refractivity contribution in [3.05, 3.63) is 23.0 Å². The molecule has 0 aromatic rings. The summed E-state index contributed by atoms with van der Waals surface area (Å²) in [6.45, 7) is 1.73. The third kappa shape index (κ3) is 1.85. The minimum atomic E-state index is -2.68. The van der Waals surface area contributed by atoms with Gasteiger partial charge in [0, 0.05) is 12.0 Å². The summed E-state index contributed by atoms with van der Waals surface area (Å²) in [7, 11) is 0. The summed E-state index contributed by atoms with van der Waals surface area (Å²) in [4.78, 5) is 0. The number of halogens is 3. The molecule has 0 aromatic carbocycles. The van der Waals surface area contributed by atoms with E-state index < -0.39 is 17.8 Å². The van der Waals surface area contributed by atoms with E-state index in [1.165, 1.54) is 6.08 Å². The maximum Gasteiger partial charge on any atom is 0.266 e. The molecule has 0 atom stereocenters. The van der Waals surface area contributed by atoms with E-state index in [-0.39, 0.29) is 6.42 Å². The molecule has 0 heterocycles. The Labute approximate surface area is 63.4 Å². The van der Waals surface area contributed by atoms with Gasteiger partial charge in [0.15, 0.2) is 0 Å². The molecule has 3 heteroatoms. The van der Waals surface area contributed by atoms with Crippen LogP contribution in [0.25, 0.3) is 0 Å². The molecule has 0 bridgehead atoms. The van der Waals surface area contributed by atoms with Crippen molar-refractivity contribution in [2.45, 2.75) is 26.2 Å². The predicted octanol–water partition coefficient (Wildman–Crippen LogP) is 3.22. The van der Waals surface area contributed by atoms with Gasteiger partial charge in [0.1, 0.15) is 5.83 Å². The Morgan fingerprint density at radius 3 is 2.45 bits per heavy atom. The second-order valence-corrected chi connectivity index (χ2v) is 2.65. The molecule has 0 saturated heterocycles. The van der Waals surface area contributed by atoms with E-state index in [4.69, 9.17) is 0 Å². The van der Waals surface area contributed by atoms with Gasteiger partial charge in [0.05, 0.1) is 0 Å². The average molecular weight is 162 g/mol. The average Bonchev–Trinajstić information content (AvgIpc) is 1.94. The van der Waals surface area contributed by atoms with Crippen LogP contribution >= 0.6 is 0 Å². The van der Waals surface area contributed by atoms with E-state index in [1.54, 1.807) is 6.92 Å². The molecule has 0 aliphatic heterocycles. The van der Waals surface area contributed by atoms with Crippen molar-refractivity contribution < 1.29 is 13.2 Å². The monoisotopic (exact) mass is 162 g/mol. The van der Waals surface area contributed by atoms with Crippen LogP contribution in [0.15, 0.2) is 23.0 Å². The molecular weight excluding hydrogens is 153 g/mol. The molecule has 62 valence electrons. The minimum absolute atomic E-state index is 0.127. The van der Waals surface area contributed by atoms with Crippen LogP contribution < -0.4 is 0 Å². The summed E-state index contributed by atoms with van der Waals surface area (Å²) in [5.74, 6) is -0.661. The standard InChI is InChI=1S/C8H9F3/c1-5-2-3-7(9)6(4-5)8(10)11/h4,8H,2-3H2,1H3. The first-order valence-electron chi connectivity index (χ1n) is 3.45. The number of allylic oxidation sites excluding steroid dienone is 4. The maximum absolute atomic E-state index is 12.6. The Hall–Kier alpha value is -0.730. The van der Waals surface area contributed by atoms with Crippen molar-refractivity contribution in [1.29, 1.82) is 0 Å². The fraction of sp³-hybridized carbons (Fsp3) is 0.500. The van der Waals surface area contributed by atoms with Gasteiger partial charge in [-0.1, -0.05) is 11.6 Å². The minimum Gasteiger partial charge on any atom is -0.211 e. The SMILES string of the molecule is CC1=CC(C(F)F)=C(F)CC1. The summed E-state index contributed by atoms with van der Waals surface area (Å²) in [5, 5.41) is 0. The highest BCUT2D eigenvalue weighted by Gasteiger charge is 2.18. The van der Waals surface area contributed by atoms with Crippen molar-refractivity contribution in [2.24, 2.45) is 0 Å². The first-order valence-corrected chi connectivity index (χ1v) is 3.45. The summed E-state index contributed by atoms with van der Waals surface area (Å²) >= 11 is 0. The zero-order valence-corrected chi connectivity index (χ0v) is 6.20. The van der Waals surface area contributed by atoms with Crippen molar-refractivity contribution >= 4 is 0 Å². The lowest BCUT2D eigenvalue weighted by Crippen LogP contribution is -2.02. The van der Waals surface area contributed by atoms with Crippen LogP contribution in [0.4, 0.5) is 13.2 Å². The van der Waals surface area contributed by atoms with Crippen LogP contribution in [0.2, 0.25) is 0 Å². The fourth-order valence-electron chi connectivity index (χ4n) is 1.05. The topological polar surface area (TPSA) is 0 Å². The van der Waals surface area contributed by atoms with E-state index in [0.717, 1.165) is 5.57 Å². The molecule has 0 N–H and O–H groups in total. The molecule has 11 heavy (non-hydrogen) atoms. The Kier molecular flexibility index (Phi) is 2.37. The van der Waals surface area contributed by atoms with Crippen molar-refractivity contribution in [3.8, 4) is 0 Å². The largest absolute Gasteiger partial charge is 0.266 e. The highest BCUT2D eigenvalue weighted by Crippen LogP contribution is 2.28. The molecular formula is C8H9F3. The molecule has 0 nitrogen and oxygen atoms in total. The second kappa shape index (κ2) is 3.11. The molecule has 0 fully saturated rings. The van der Waals surface area contributed by atoms with Crippen LogP contribution in [0, 0.1) is 0 Å². The normalized spacial score (nSPS) is 19.2. The summed E-state index contributed by atoms with van der Waals surface area (Å²) < 4.78 is 36.6. The van der Waals surface area contributed by atoms with Gasteiger partial charge in [-0.15, -0.1) is 0 Å². The van der Waals surface area contributed by atoms with Crippen LogP contribution in [-0.4, -0.2) is 6.43 Å². The lowest BCUT2D eigenvalue weighted by molar-refractivity contribution is 0.188. The Bertz CT molecular complexity index is 213. The molecule has 0 unspecified atom stereocenters. The second-order valence-electron chi connectivity index (χ2n) is 2.65. The van der Waals surface area contributed by atoms with Crippen molar-refractivity contribution in [3.63, 3.8) is 0 Å². The van der Waals surface area contributed by atoms with Gasteiger partial charge in [-0.2, -0.15) is 0 Å². The van der Waals surface area contributed by atoms with Gasteiger partial charge in [0.2, 0.25) is 0 Å². The van der Waals surface area contributed by atoms with Gasteiger partial charge in [-0.3, -0.25) is 0 Å². The van der Waals surface area contributed by atoms with Crippen LogP contribution in [-0.2, 0) is 0 Å². The molecule has 0 amide bonds. The molecule has 1 aliphatic rings. The number of alkyl halides is 2. The predicted molar refractivity (Wildman–Crippen MR) is 37.1 cm³/mol. The number of hydrogen-bond acceptors (Lipinski definition) is 0. The maximum atomic E-state index is 12.6. The van der Waals surface area contributed by atoms with Crippen LogP contribution in [0.1, 0.15) is 19.8 Å². The number of hydrogen-bond donors (Lipinski definition) is 0. The van der Waals surface area contributed by atoms with Gasteiger partial charge < -0.3 is 0 Å². The Morgan fingerprint density at radius 2 is 2.00 bits per heavy atom. The van der Waals surface area contributed by atoms with E-state index in [9.17, 15) is 13.2 Å². The third-order valence-electron chi connectivity index (χ3n) is 1.69. The summed E-state index contributed by atoms with van der Waals surface area (Å²) in [5.41, 5.74) is 0.385. The quantitative estimate of drug-likeness (QED) is 0.555. The molecule has 0 spiro atoms. The fourth-order valence-corrected chi connectivity index (χ4v) is 1.05. The Balaban J connectivity index is 2.89. The zero-order valence-electron chi connectivity index (χ0n) is 6.20. The summed E-state index contributed by atoms with van der Waals surface area (Å²) in [6, 6.07) is 0. The first-order chi connectivity index (χ1) is 5.11. The lowest BCUT2D eigenvalue weighted by atomic mass is 10.00. The highest BCUT2D eigenvalue weighted by molar-refractivity contribution is 5.31. The Morgan fingerprint density at radius 1 is 1.36 bits per heavy atom. The molecule has 0 radical (unpaired) electrons. The third-order valence-corrected chi connectivity index (χ3v) is 1.69. The van der Waals surface area contributed by atoms with Gasteiger partial charge in [0.25, 0.3) is 6.43 Å². The van der Waals surface area contributed by atoms with E-state index in [2.05, 4.69) is 0 Å². The van der Waals surface area contributed by atoms with Gasteiger partial charge in [-0.05, 0) is 13.3 Å². The van der Waals surface area contributed by atoms with Crippen LogP contribution in [0.5, 0.6) is 0 Å². The lowest BCUT2D eigenvalue weighted by Gasteiger charge is -2.11. The molecule has 1 rings (SSSR count). The van der Waals surface area contributed by atoms with E-state index in [1.807, 2.05) is 0 Å². The first kappa shape index (κ1) is 8.37. The van der Waals surface area contributed by atoms with Crippen molar-refractivity contribution in [1.82, 2.24) is 0 Å². The van der Waals surface area contributed by atoms with Crippen molar-refractivity contribution in [2.75, 3.05) is 0 Å². The zero-order chi connectivity index (χ0) is 8.43. The van der Waals surface area contributed by atoms with E-state index in [0.29, 0.717) is 6.42 Å². The summed E-state index contributed by atoms with van der Waals surface area (Å²) in [6.07, 6.45) is -0.752. The number of rotatable bonds is 1. The van der Waals surface area contributed by atoms with Crippen LogP contribution in [0.3, 0.4) is 0 Å². The molecule has 0 saturated carbocycles. The highest BCUT2D eigenvalue weighted by atomic mass is 19.3.